The smallest absolute Gasteiger partial charge is 0.391 e. The number of likely N-dealkylation sites (N-methyl/N-ethyl adjacent to an activating group) is 1. The molecule has 1 aromatic heterocycles. The van der Waals surface area contributed by atoms with Crippen LogP contribution in [0.3, 0.4) is 0 Å². The highest BCUT2D eigenvalue weighted by molar-refractivity contribution is 5.41. The van der Waals surface area contributed by atoms with Crippen LogP contribution in [0.1, 0.15) is 12.1 Å². The van der Waals surface area contributed by atoms with Crippen LogP contribution in [0.15, 0.2) is 12.1 Å². The molecule has 112 valence electrons. The molecule has 0 spiro atoms. The predicted octanol–water partition coefficient (Wildman–Crippen LogP) is 0.997. The van der Waals surface area contributed by atoms with Gasteiger partial charge in [0, 0.05) is 19.1 Å². The molecule has 0 amide bonds. The van der Waals surface area contributed by atoms with Gasteiger partial charge in [0.05, 0.1) is 6.10 Å². The molecule has 5 nitrogen and oxygen atoms in total. The molecular formula is C12H17F3N4O. The summed E-state index contributed by atoms with van der Waals surface area (Å²) in [7, 11) is 3.81. The molecule has 0 aromatic carbocycles. The second kappa shape index (κ2) is 5.53. The average Bonchev–Trinajstić information content (AvgIpc) is 2.68. The zero-order chi connectivity index (χ0) is 14.9. The van der Waals surface area contributed by atoms with Crippen molar-refractivity contribution in [2.24, 2.45) is 0 Å². The third kappa shape index (κ3) is 3.37. The quantitative estimate of drug-likeness (QED) is 0.900. The van der Waals surface area contributed by atoms with Crippen molar-refractivity contribution in [3.8, 4) is 0 Å². The second-order valence-electron chi connectivity index (χ2n) is 5.23. The van der Waals surface area contributed by atoms with Crippen molar-refractivity contribution in [1.29, 1.82) is 0 Å². The molecule has 1 aliphatic rings. The third-order valence-electron chi connectivity index (χ3n) is 3.20. The lowest BCUT2D eigenvalue weighted by Gasteiger charge is -2.27. The van der Waals surface area contributed by atoms with Crippen LogP contribution in [-0.2, 0) is 6.18 Å². The molecule has 2 atom stereocenters. The van der Waals surface area contributed by atoms with Crippen LogP contribution in [0, 0.1) is 0 Å². The van der Waals surface area contributed by atoms with Crippen LogP contribution in [0.2, 0.25) is 0 Å². The van der Waals surface area contributed by atoms with Gasteiger partial charge in [-0.1, -0.05) is 0 Å². The molecule has 0 bridgehead atoms. The van der Waals surface area contributed by atoms with Crippen LogP contribution >= 0.6 is 0 Å². The molecule has 20 heavy (non-hydrogen) atoms. The van der Waals surface area contributed by atoms with E-state index >= 15 is 0 Å². The van der Waals surface area contributed by atoms with Crippen molar-refractivity contribution in [2.75, 3.05) is 32.1 Å². The van der Waals surface area contributed by atoms with E-state index in [1.807, 2.05) is 19.0 Å². The maximum atomic E-state index is 12.4. The van der Waals surface area contributed by atoms with Crippen molar-refractivity contribution < 1.29 is 18.3 Å². The van der Waals surface area contributed by atoms with E-state index in [2.05, 4.69) is 10.2 Å². The molecule has 1 N–H and O–H groups in total. The molecule has 2 heterocycles. The number of halogens is 3. The molecule has 1 aromatic rings. The van der Waals surface area contributed by atoms with Crippen LogP contribution in [-0.4, -0.2) is 59.5 Å². The number of aromatic nitrogens is 2. The van der Waals surface area contributed by atoms with E-state index in [4.69, 9.17) is 0 Å². The first kappa shape index (κ1) is 15.0. The minimum atomic E-state index is -4.49. The van der Waals surface area contributed by atoms with Gasteiger partial charge in [-0.2, -0.15) is 13.2 Å². The van der Waals surface area contributed by atoms with Crippen molar-refractivity contribution in [3.05, 3.63) is 17.8 Å². The van der Waals surface area contributed by atoms with Crippen LogP contribution in [0.4, 0.5) is 19.0 Å². The molecule has 2 rings (SSSR count). The van der Waals surface area contributed by atoms with Crippen LogP contribution < -0.4 is 4.90 Å². The molecule has 1 fully saturated rings. The maximum absolute atomic E-state index is 12.4. The highest BCUT2D eigenvalue weighted by Gasteiger charge is 2.35. The Hall–Kier alpha value is -1.41. The topological polar surface area (TPSA) is 52.5 Å². The Kier molecular flexibility index (Phi) is 4.14. The maximum Gasteiger partial charge on any atom is 0.435 e. The summed E-state index contributed by atoms with van der Waals surface area (Å²) in [6.45, 7) is 1.05. The Labute approximate surface area is 115 Å². The summed E-state index contributed by atoms with van der Waals surface area (Å²) in [5.41, 5.74) is -1.01. The summed E-state index contributed by atoms with van der Waals surface area (Å²) in [6.07, 6.45) is -4.41. The number of hydrogen-bond acceptors (Lipinski definition) is 5. The van der Waals surface area contributed by atoms with Gasteiger partial charge in [0.15, 0.2) is 11.5 Å². The molecule has 2 unspecified atom stereocenters. The van der Waals surface area contributed by atoms with Crippen molar-refractivity contribution >= 4 is 5.82 Å². The fraction of sp³-hybridized carbons (Fsp3) is 0.667. The molecular weight excluding hydrogens is 273 g/mol. The Balaban J connectivity index is 2.17. The molecule has 8 heteroatoms. The fourth-order valence-electron chi connectivity index (χ4n) is 2.40. The highest BCUT2D eigenvalue weighted by Crippen LogP contribution is 2.29. The summed E-state index contributed by atoms with van der Waals surface area (Å²) in [6, 6.07) is 2.24. The summed E-state index contributed by atoms with van der Waals surface area (Å²) in [4.78, 5) is 3.77. The fourth-order valence-corrected chi connectivity index (χ4v) is 2.40. The standard InChI is InChI=1S/C12H17F3N4O/c1-18(2)6-8-5-9(20)7-19(8)11-4-3-10(16-17-11)12(13,14)15/h3-4,8-9,20H,5-7H2,1-2H3. The average molecular weight is 290 g/mol. The number of hydrogen-bond donors (Lipinski definition) is 1. The van der Waals surface area contributed by atoms with Crippen LogP contribution in [0.5, 0.6) is 0 Å². The lowest BCUT2D eigenvalue weighted by Crippen LogP contribution is -2.38. The van der Waals surface area contributed by atoms with Gasteiger partial charge in [0.2, 0.25) is 0 Å². The summed E-state index contributed by atoms with van der Waals surface area (Å²) < 4.78 is 37.3. The number of alkyl halides is 3. The van der Waals surface area contributed by atoms with Gasteiger partial charge < -0.3 is 14.9 Å². The van der Waals surface area contributed by atoms with Crippen molar-refractivity contribution in [1.82, 2.24) is 15.1 Å². The minimum Gasteiger partial charge on any atom is -0.391 e. The van der Waals surface area contributed by atoms with Gasteiger partial charge in [-0.25, -0.2) is 0 Å². The minimum absolute atomic E-state index is 0.0195. The number of aliphatic hydroxyl groups excluding tert-OH is 1. The number of β-amino-alcohol motifs (C(OH)–C–C–N with tert-alkyl or cyclic N) is 1. The van der Waals surface area contributed by atoms with Crippen LogP contribution in [0.25, 0.3) is 0 Å². The Bertz CT molecular complexity index is 449. The van der Waals surface area contributed by atoms with Gasteiger partial charge in [-0.3, -0.25) is 0 Å². The third-order valence-corrected chi connectivity index (χ3v) is 3.20. The zero-order valence-corrected chi connectivity index (χ0v) is 11.3. The normalized spacial score (nSPS) is 23.6. The van der Waals surface area contributed by atoms with E-state index in [0.29, 0.717) is 25.3 Å². The number of aliphatic hydroxyl groups is 1. The van der Waals surface area contributed by atoms with E-state index < -0.39 is 18.0 Å². The number of rotatable bonds is 3. The summed E-state index contributed by atoms with van der Waals surface area (Å²) in [5, 5.41) is 16.6. The highest BCUT2D eigenvalue weighted by atomic mass is 19.4. The zero-order valence-electron chi connectivity index (χ0n) is 11.3. The molecule has 1 saturated heterocycles. The molecule has 0 saturated carbocycles. The lowest BCUT2D eigenvalue weighted by molar-refractivity contribution is -0.141. The van der Waals surface area contributed by atoms with Gasteiger partial charge in [0.1, 0.15) is 0 Å². The van der Waals surface area contributed by atoms with E-state index in [-0.39, 0.29) is 6.04 Å². The van der Waals surface area contributed by atoms with Crippen molar-refractivity contribution in [2.45, 2.75) is 24.7 Å². The van der Waals surface area contributed by atoms with Gasteiger partial charge in [-0.15, -0.1) is 10.2 Å². The first-order valence-electron chi connectivity index (χ1n) is 6.27. The molecule has 0 radical (unpaired) electrons. The van der Waals surface area contributed by atoms with E-state index in [1.165, 1.54) is 6.07 Å². The number of anilines is 1. The van der Waals surface area contributed by atoms with Gasteiger partial charge in [-0.05, 0) is 32.6 Å². The van der Waals surface area contributed by atoms with Crippen molar-refractivity contribution in [3.63, 3.8) is 0 Å². The lowest BCUT2D eigenvalue weighted by atomic mass is 10.2. The SMILES string of the molecule is CN(C)CC1CC(O)CN1c1ccc(C(F)(F)F)nn1. The Morgan fingerprint density at radius 1 is 1.35 bits per heavy atom. The Morgan fingerprint density at radius 2 is 2.05 bits per heavy atom. The molecule has 1 aliphatic heterocycles. The van der Waals surface area contributed by atoms with E-state index in [1.54, 1.807) is 4.90 Å². The van der Waals surface area contributed by atoms with E-state index in [0.717, 1.165) is 6.07 Å². The first-order valence-corrected chi connectivity index (χ1v) is 6.27. The predicted molar refractivity (Wildman–Crippen MR) is 67.3 cm³/mol. The van der Waals surface area contributed by atoms with Gasteiger partial charge >= 0.3 is 6.18 Å². The molecule has 0 aliphatic carbocycles. The summed E-state index contributed by atoms with van der Waals surface area (Å²) >= 11 is 0. The largest absolute Gasteiger partial charge is 0.435 e. The monoisotopic (exact) mass is 290 g/mol. The first-order chi connectivity index (χ1) is 9.27. The summed E-state index contributed by atoms with van der Waals surface area (Å²) in [5.74, 6) is 0.362. The van der Waals surface area contributed by atoms with Gasteiger partial charge in [0.25, 0.3) is 0 Å². The van der Waals surface area contributed by atoms with E-state index in [9.17, 15) is 18.3 Å². The Morgan fingerprint density at radius 3 is 2.55 bits per heavy atom. The second-order valence-corrected chi connectivity index (χ2v) is 5.23. The number of nitrogens with zero attached hydrogens (tertiary/aromatic N) is 4.